The van der Waals surface area contributed by atoms with Gasteiger partial charge in [0.2, 0.25) is 6.79 Å². The fraction of sp³-hybridized carbons (Fsp3) is 0.200. The summed E-state index contributed by atoms with van der Waals surface area (Å²) >= 11 is 0. The number of nitro groups is 1. The molecule has 1 aliphatic heterocycles. The van der Waals surface area contributed by atoms with Crippen LogP contribution >= 0.6 is 0 Å². The first-order valence-electron chi connectivity index (χ1n) is 6.76. The molecule has 0 atom stereocenters. The van der Waals surface area contributed by atoms with Crippen LogP contribution in [0.2, 0.25) is 0 Å². The highest BCUT2D eigenvalue weighted by molar-refractivity contribution is 6.07. The average Bonchev–Trinajstić information content (AvgIpc) is 3.08. The molecule has 1 aromatic heterocycles. The van der Waals surface area contributed by atoms with E-state index in [1.54, 1.807) is 24.9 Å². The SMILES string of the molecule is Cc1nn(C)cc1C(=O)/C=C/c1cc2c(cc1[N+](=O)[O-])OCO2. The maximum Gasteiger partial charge on any atom is 0.280 e. The number of allylic oxidation sites excluding steroid dienone is 1. The minimum Gasteiger partial charge on any atom is -0.454 e. The zero-order chi connectivity index (χ0) is 16.6. The summed E-state index contributed by atoms with van der Waals surface area (Å²) < 4.78 is 11.9. The van der Waals surface area contributed by atoms with E-state index in [0.29, 0.717) is 22.8 Å². The molecule has 1 aromatic carbocycles. The van der Waals surface area contributed by atoms with Crippen molar-refractivity contribution in [2.45, 2.75) is 6.92 Å². The lowest BCUT2D eigenvalue weighted by atomic mass is 10.1. The van der Waals surface area contributed by atoms with E-state index >= 15 is 0 Å². The molecule has 0 saturated heterocycles. The van der Waals surface area contributed by atoms with Crippen molar-refractivity contribution in [3.05, 3.63) is 51.3 Å². The van der Waals surface area contributed by atoms with E-state index in [1.165, 1.54) is 24.3 Å². The second kappa shape index (κ2) is 5.56. The van der Waals surface area contributed by atoms with E-state index in [1.807, 2.05) is 0 Å². The molecular weight excluding hydrogens is 302 g/mol. The van der Waals surface area contributed by atoms with Gasteiger partial charge in [0, 0.05) is 13.2 Å². The number of aromatic nitrogens is 2. The Hall–Kier alpha value is -3.16. The molecule has 8 heteroatoms. The van der Waals surface area contributed by atoms with Crippen LogP contribution in [0.25, 0.3) is 6.08 Å². The fourth-order valence-corrected chi connectivity index (χ4v) is 2.34. The third-order valence-corrected chi connectivity index (χ3v) is 3.41. The first-order valence-corrected chi connectivity index (χ1v) is 6.76. The molecule has 2 heterocycles. The molecule has 8 nitrogen and oxygen atoms in total. The Morgan fingerprint density at radius 1 is 1.39 bits per heavy atom. The van der Waals surface area contributed by atoms with Crippen molar-refractivity contribution < 1.29 is 19.2 Å². The maximum atomic E-state index is 12.2. The number of ketones is 1. The summed E-state index contributed by atoms with van der Waals surface area (Å²) in [5.41, 5.74) is 1.17. The molecule has 3 rings (SSSR count). The van der Waals surface area contributed by atoms with Crippen LogP contribution in [0.3, 0.4) is 0 Å². The Labute approximate surface area is 131 Å². The normalized spacial score (nSPS) is 12.8. The van der Waals surface area contributed by atoms with Gasteiger partial charge in [-0.2, -0.15) is 5.10 Å². The highest BCUT2D eigenvalue weighted by Gasteiger charge is 2.22. The van der Waals surface area contributed by atoms with Gasteiger partial charge in [-0.25, -0.2) is 0 Å². The van der Waals surface area contributed by atoms with Crippen LogP contribution in [0, 0.1) is 17.0 Å². The summed E-state index contributed by atoms with van der Waals surface area (Å²) in [6, 6.07) is 2.78. The highest BCUT2D eigenvalue weighted by atomic mass is 16.7. The molecule has 0 saturated carbocycles. The van der Waals surface area contributed by atoms with Crippen LogP contribution in [0.4, 0.5) is 5.69 Å². The summed E-state index contributed by atoms with van der Waals surface area (Å²) in [5.74, 6) is 0.464. The van der Waals surface area contributed by atoms with Gasteiger partial charge in [-0.1, -0.05) is 0 Å². The van der Waals surface area contributed by atoms with E-state index in [0.717, 1.165) is 0 Å². The minimum atomic E-state index is -0.526. The zero-order valence-corrected chi connectivity index (χ0v) is 12.5. The van der Waals surface area contributed by atoms with Crippen LogP contribution in [0.5, 0.6) is 11.5 Å². The first-order chi connectivity index (χ1) is 11.0. The van der Waals surface area contributed by atoms with Gasteiger partial charge < -0.3 is 9.47 Å². The van der Waals surface area contributed by atoms with Crippen LogP contribution in [-0.4, -0.2) is 27.3 Å². The van der Waals surface area contributed by atoms with Crippen LogP contribution in [0.1, 0.15) is 21.6 Å². The number of fused-ring (bicyclic) bond motifs is 1. The predicted molar refractivity (Wildman–Crippen MR) is 80.5 cm³/mol. The van der Waals surface area contributed by atoms with Crippen molar-refractivity contribution >= 4 is 17.5 Å². The summed E-state index contributed by atoms with van der Waals surface area (Å²) in [5, 5.41) is 15.3. The Morgan fingerprint density at radius 2 is 2.09 bits per heavy atom. The minimum absolute atomic E-state index is 0.0213. The summed E-state index contributed by atoms with van der Waals surface area (Å²) in [7, 11) is 1.72. The van der Waals surface area contributed by atoms with Crippen molar-refractivity contribution in [2.75, 3.05) is 6.79 Å². The average molecular weight is 315 g/mol. The monoisotopic (exact) mass is 315 g/mol. The summed E-state index contributed by atoms with van der Waals surface area (Å²) in [6.45, 7) is 1.75. The van der Waals surface area contributed by atoms with Crippen molar-refractivity contribution in [3.63, 3.8) is 0 Å². The van der Waals surface area contributed by atoms with Crippen LogP contribution < -0.4 is 9.47 Å². The van der Waals surface area contributed by atoms with E-state index in [-0.39, 0.29) is 23.8 Å². The topological polar surface area (TPSA) is 96.5 Å². The Kier molecular flexibility index (Phi) is 3.57. The molecule has 2 aromatic rings. The molecule has 0 fully saturated rings. The predicted octanol–water partition coefficient (Wildman–Crippen LogP) is 2.26. The third kappa shape index (κ3) is 2.78. The zero-order valence-electron chi connectivity index (χ0n) is 12.5. The van der Waals surface area contributed by atoms with Crippen molar-refractivity contribution in [1.82, 2.24) is 9.78 Å². The Balaban J connectivity index is 1.94. The molecule has 0 spiro atoms. The van der Waals surface area contributed by atoms with Gasteiger partial charge in [-0.05, 0) is 25.1 Å². The van der Waals surface area contributed by atoms with E-state index in [4.69, 9.17) is 9.47 Å². The Bertz CT molecular complexity index is 838. The molecule has 0 bridgehead atoms. The number of rotatable bonds is 4. The number of nitro benzene ring substituents is 1. The number of hydrogen-bond acceptors (Lipinski definition) is 6. The molecule has 0 amide bonds. The molecular formula is C15H13N3O5. The van der Waals surface area contributed by atoms with Gasteiger partial charge in [0.05, 0.1) is 27.8 Å². The molecule has 1 aliphatic rings. The van der Waals surface area contributed by atoms with E-state index in [9.17, 15) is 14.9 Å². The number of aryl methyl sites for hydroxylation is 2. The molecule has 23 heavy (non-hydrogen) atoms. The fourth-order valence-electron chi connectivity index (χ4n) is 2.34. The van der Waals surface area contributed by atoms with Gasteiger partial charge in [0.15, 0.2) is 17.3 Å². The van der Waals surface area contributed by atoms with Gasteiger partial charge in [-0.15, -0.1) is 0 Å². The van der Waals surface area contributed by atoms with E-state index in [2.05, 4.69) is 5.10 Å². The lowest BCUT2D eigenvalue weighted by Crippen LogP contribution is -1.96. The summed E-state index contributed by atoms with van der Waals surface area (Å²) in [4.78, 5) is 22.8. The number of carbonyl (C=O) groups excluding carboxylic acids is 1. The number of nitrogens with zero attached hydrogens (tertiary/aromatic N) is 3. The Morgan fingerprint density at radius 3 is 2.70 bits per heavy atom. The van der Waals surface area contributed by atoms with Crippen molar-refractivity contribution in [1.29, 1.82) is 0 Å². The first kappa shape index (κ1) is 14.8. The largest absolute Gasteiger partial charge is 0.454 e. The molecule has 0 unspecified atom stereocenters. The molecule has 118 valence electrons. The summed E-state index contributed by atoms with van der Waals surface area (Å²) in [6.07, 6.45) is 4.29. The highest BCUT2D eigenvalue weighted by Crippen LogP contribution is 2.38. The smallest absolute Gasteiger partial charge is 0.280 e. The standard InChI is InChI=1S/C15H13N3O5/c1-9-11(7-17(2)16-9)13(19)4-3-10-5-14-15(23-8-22-14)6-12(10)18(20)21/h3-7H,8H2,1-2H3/b4-3+. The number of benzene rings is 1. The second-order valence-corrected chi connectivity index (χ2v) is 5.02. The van der Waals surface area contributed by atoms with Gasteiger partial charge >= 0.3 is 0 Å². The van der Waals surface area contributed by atoms with Gasteiger partial charge in [0.1, 0.15) is 0 Å². The van der Waals surface area contributed by atoms with Gasteiger partial charge in [0.25, 0.3) is 5.69 Å². The number of carbonyl (C=O) groups is 1. The van der Waals surface area contributed by atoms with E-state index < -0.39 is 4.92 Å². The third-order valence-electron chi connectivity index (χ3n) is 3.41. The lowest BCUT2D eigenvalue weighted by molar-refractivity contribution is -0.385. The molecule has 0 radical (unpaired) electrons. The van der Waals surface area contributed by atoms with Crippen molar-refractivity contribution in [2.24, 2.45) is 7.05 Å². The van der Waals surface area contributed by atoms with Crippen molar-refractivity contribution in [3.8, 4) is 11.5 Å². The second-order valence-electron chi connectivity index (χ2n) is 5.02. The molecule has 0 N–H and O–H groups in total. The maximum absolute atomic E-state index is 12.2. The lowest BCUT2D eigenvalue weighted by Gasteiger charge is -2.00. The van der Waals surface area contributed by atoms with Crippen LogP contribution in [0.15, 0.2) is 24.4 Å². The quantitative estimate of drug-likeness (QED) is 0.371. The number of hydrogen-bond donors (Lipinski definition) is 0. The molecule has 0 aliphatic carbocycles. The van der Waals surface area contributed by atoms with Crippen LogP contribution in [-0.2, 0) is 7.05 Å². The van der Waals surface area contributed by atoms with Gasteiger partial charge in [-0.3, -0.25) is 19.6 Å². The number of ether oxygens (including phenoxy) is 2.